The van der Waals surface area contributed by atoms with E-state index in [9.17, 15) is 0 Å². The first kappa shape index (κ1) is 12.7. The van der Waals surface area contributed by atoms with Crippen molar-refractivity contribution in [2.75, 3.05) is 26.9 Å². The molecule has 0 amide bonds. The van der Waals surface area contributed by atoms with Crippen LogP contribution in [0, 0.1) is 0 Å². The molecule has 18 heavy (non-hydrogen) atoms. The molecule has 0 unspecified atom stereocenters. The molecule has 2 rings (SSSR count). The number of hydrogen-bond donors (Lipinski definition) is 1. The van der Waals surface area contributed by atoms with Crippen molar-refractivity contribution in [2.24, 2.45) is 10.9 Å². The molecule has 2 N–H and O–H groups in total. The van der Waals surface area contributed by atoms with Gasteiger partial charge in [-0.25, -0.2) is 0 Å². The molecule has 1 heterocycles. The van der Waals surface area contributed by atoms with Crippen molar-refractivity contribution < 1.29 is 18.9 Å². The van der Waals surface area contributed by atoms with Gasteiger partial charge in [-0.3, -0.25) is 0 Å². The molecule has 1 aromatic carbocycles. The maximum Gasteiger partial charge on any atom is 0.191 e. The molecule has 0 saturated carbocycles. The number of methoxy groups -OCH3 is 1. The van der Waals surface area contributed by atoms with E-state index >= 15 is 0 Å². The predicted molar refractivity (Wildman–Crippen MR) is 66.0 cm³/mol. The third-order valence-corrected chi connectivity index (χ3v) is 2.50. The van der Waals surface area contributed by atoms with Crippen LogP contribution in [0.5, 0.6) is 11.5 Å². The molecule has 0 radical (unpaired) electrons. The van der Waals surface area contributed by atoms with E-state index in [4.69, 9.17) is 24.8 Å². The first-order valence-corrected chi connectivity index (χ1v) is 5.61. The maximum absolute atomic E-state index is 5.67. The van der Waals surface area contributed by atoms with Gasteiger partial charge in [-0.05, 0) is 12.1 Å². The fourth-order valence-electron chi connectivity index (χ4n) is 1.68. The van der Waals surface area contributed by atoms with Gasteiger partial charge >= 0.3 is 0 Å². The summed E-state index contributed by atoms with van der Waals surface area (Å²) in [6, 6.07) is 5.48. The molecule has 1 aromatic rings. The fourth-order valence-corrected chi connectivity index (χ4v) is 1.68. The highest BCUT2D eigenvalue weighted by molar-refractivity contribution is 5.84. The second-order valence-corrected chi connectivity index (χ2v) is 3.64. The highest BCUT2D eigenvalue weighted by atomic mass is 16.7. The number of rotatable bonds is 5. The van der Waals surface area contributed by atoms with Crippen molar-refractivity contribution in [1.82, 2.24) is 0 Å². The Kier molecular flexibility index (Phi) is 4.38. The van der Waals surface area contributed by atoms with Crippen LogP contribution in [0.4, 0.5) is 0 Å². The number of hydrazone groups is 1. The van der Waals surface area contributed by atoms with Crippen LogP contribution in [0.25, 0.3) is 0 Å². The van der Waals surface area contributed by atoms with Crippen LogP contribution in [-0.2, 0) is 9.47 Å². The van der Waals surface area contributed by atoms with E-state index in [1.165, 1.54) is 6.21 Å². The summed E-state index contributed by atoms with van der Waals surface area (Å²) in [5.41, 5.74) is 0.745. The van der Waals surface area contributed by atoms with Crippen molar-refractivity contribution in [1.29, 1.82) is 0 Å². The van der Waals surface area contributed by atoms with E-state index in [0.29, 0.717) is 31.3 Å². The summed E-state index contributed by atoms with van der Waals surface area (Å²) in [7, 11) is 1.58. The quantitative estimate of drug-likeness (QED) is 0.475. The summed E-state index contributed by atoms with van der Waals surface area (Å²) in [5.74, 6) is 6.36. The van der Waals surface area contributed by atoms with Gasteiger partial charge in [0.1, 0.15) is 6.61 Å². The van der Waals surface area contributed by atoms with Crippen molar-refractivity contribution in [3.8, 4) is 11.5 Å². The molecule has 0 bridgehead atoms. The Labute approximate surface area is 105 Å². The summed E-state index contributed by atoms with van der Waals surface area (Å²) in [6.07, 6.45) is 1.17. The first-order chi connectivity index (χ1) is 8.85. The average Bonchev–Trinajstić information content (AvgIpc) is 2.90. The van der Waals surface area contributed by atoms with Crippen LogP contribution in [0.15, 0.2) is 23.3 Å². The first-order valence-electron chi connectivity index (χ1n) is 5.61. The molecule has 0 aromatic heterocycles. The van der Waals surface area contributed by atoms with Gasteiger partial charge in [0.25, 0.3) is 0 Å². The van der Waals surface area contributed by atoms with Crippen LogP contribution < -0.4 is 15.3 Å². The zero-order valence-electron chi connectivity index (χ0n) is 10.2. The van der Waals surface area contributed by atoms with Crippen molar-refractivity contribution in [3.63, 3.8) is 0 Å². The molecule has 1 saturated heterocycles. The predicted octanol–water partition coefficient (Wildman–Crippen LogP) is 0.739. The van der Waals surface area contributed by atoms with Gasteiger partial charge in [0.2, 0.25) is 0 Å². The summed E-state index contributed by atoms with van der Waals surface area (Å²) in [4.78, 5) is 0. The van der Waals surface area contributed by atoms with E-state index in [-0.39, 0.29) is 6.29 Å². The van der Waals surface area contributed by atoms with Gasteiger partial charge < -0.3 is 24.8 Å². The largest absolute Gasteiger partial charge is 0.493 e. The standard InChI is InChI=1S/C12H16N2O4/c1-15-10-4-2-3-9(7-14-13)12(10)18-8-11-16-5-6-17-11/h2-4,7,11H,5-6,8,13H2,1H3. The topological polar surface area (TPSA) is 75.3 Å². The maximum atomic E-state index is 5.67. The van der Waals surface area contributed by atoms with Gasteiger partial charge in [-0.15, -0.1) is 0 Å². The number of hydrogen-bond acceptors (Lipinski definition) is 6. The Hall–Kier alpha value is -1.79. The lowest BCUT2D eigenvalue weighted by atomic mass is 10.2. The molecule has 6 nitrogen and oxygen atoms in total. The summed E-state index contributed by atoms with van der Waals surface area (Å²) in [5, 5.41) is 3.50. The Bertz CT molecular complexity index is 417. The summed E-state index contributed by atoms with van der Waals surface area (Å²) in [6.45, 7) is 1.49. The van der Waals surface area contributed by atoms with Gasteiger partial charge in [-0.1, -0.05) is 6.07 Å². The lowest BCUT2D eigenvalue weighted by Crippen LogP contribution is -2.19. The minimum absolute atomic E-state index is 0.297. The summed E-state index contributed by atoms with van der Waals surface area (Å²) >= 11 is 0. The smallest absolute Gasteiger partial charge is 0.191 e. The van der Waals surface area contributed by atoms with Gasteiger partial charge in [0, 0.05) is 5.56 Å². The molecule has 0 aliphatic carbocycles. The summed E-state index contributed by atoms with van der Waals surface area (Å²) < 4.78 is 21.5. The lowest BCUT2D eigenvalue weighted by molar-refractivity contribution is -0.0687. The van der Waals surface area contributed by atoms with Crippen molar-refractivity contribution in [3.05, 3.63) is 23.8 Å². The molecule has 0 atom stereocenters. The Morgan fingerprint density at radius 3 is 2.89 bits per heavy atom. The van der Waals surface area contributed by atoms with Gasteiger partial charge in [-0.2, -0.15) is 5.10 Å². The van der Waals surface area contributed by atoms with Crippen molar-refractivity contribution in [2.45, 2.75) is 6.29 Å². The molecule has 1 aliphatic heterocycles. The van der Waals surface area contributed by atoms with Gasteiger partial charge in [0.15, 0.2) is 17.8 Å². The van der Waals surface area contributed by atoms with Crippen LogP contribution >= 0.6 is 0 Å². The van der Waals surface area contributed by atoms with Crippen LogP contribution in [-0.4, -0.2) is 39.4 Å². The van der Waals surface area contributed by atoms with Crippen LogP contribution in [0.2, 0.25) is 0 Å². The van der Waals surface area contributed by atoms with E-state index in [2.05, 4.69) is 5.10 Å². The molecular weight excluding hydrogens is 236 g/mol. The molecule has 98 valence electrons. The molecular formula is C12H16N2O4. The Balaban J connectivity index is 2.12. The zero-order valence-corrected chi connectivity index (χ0v) is 10.2. The van der Waals surface area contributed by atoms with E-state index < -0.39 is 0 Å². The van der Waals surface area contributed by atoms with Crippen LogP contribution in [0.1, 0.15) is 5.56 Å². The molecule has 6 heteroatoms. The number of nitrogens with zero attached hydrogens (tertiary/aromatic N) is 1. The number of benzene rings is 1. The second kappa shape index (κ2) is 6.23. The number of para-hydroxylation sites is 1. The molecule has 1 fully saturated rings. The van der Waals surface area contributed by atoms with Gasteiger partial charge in [0.05, 0.1) is 26.5 Å². The number of nitrogens with two attached hydrogens (primary N) is 1. The molecule has 0 spiro atoms. The van der Waals surface area contributed by atoms with E-state index in [1.807, 2.05) is 12.1 Å². The zero-order chi connectivity index (χ0) is 12.8. The third kappa shape index (κ3) is 2.91. The fraction of sp³-hybridized carbons (Fsp3) is 0.417. The SMILES string of the molecule is COc1cccc(C=NN)c1OCC1OCCO1. The average molecular weight is 252 g/mol. The third-order valence-electron chi connectivity index (χ3n) is 2.50. The highest BCUT2D eigenvalue weighted by Gasteiger charge is 2.18. The monoisotopic (exact) mass is 252 g/mol. The Morgan fingerprint density at radius 1 is 1.44 bits per heavy atom. The van der Waals surface area contributed by atoms with E-state index in [0.717, 1.165) is 5.56 Å². The van der Waals surface area contributed by atoms with Crippen molar-refractivity contribution >= 4 is 6.21 Å². The minimum atomic E-state index is -0.336. The Morgan fingerprint density at radius 2 is 2.22 bits per heavy atom. The van der Waals surface area contributed by atoms with E-state index in [1.54, 1.807) is 13.2 Å². The number of ether oxygens (including phenoxy) is 4. The molecule has 1 aliphatic rings. The highest BCUT2D eigenvalue weighted by Crippen LogP contribution is 2.30. The van der Waals surface area contributed by atoms with Crippen LogP contribution in [0.3, 0.4) is 0 Å². The minimum Gasteiger partial charge on any atom is -0.493 e. The second-order valence-electron chi connectivity index (χ2n) is 3.64. The normalized spacial score (nSPS) is 16.3. The lowest BCUT2D eigenvalue weighted by Gasteiger charge is -2.15.